The van der Waals surface area contributed by atoms with Crippen molar-refractivity contribution in [3.63, 3.8) is 0 Å². The SMILES string of the molecule is CCC1(C(=O)O)CCCN(Cc2ccc(Cl)cc2Cl)C1. The molecule has 3 nitrogen and oxygen atoms in total. The number of hydrogen-bond donors (Lipinski definition) is 1. The number of carboxylic acid groups (broad SMARTS) is 1. The van der Waals surface area contributed by atoms with Crippen molar-refractivity contribution in [3.8, 4) is 0 Å². The molecule has 1 atom stereocenters. The summed E-state index contributed by atoms with van der Waals surface area (Å²) in [4.78, 5) is 13.7. The molecule has 110 valence electrons. The van der Waals surface area contributed by atoms with Crippen molar-refractivity contribution in [2.45, 2.75) is 32.7 Å². The molecule has 1 saturated heterocycles. The summed E-state index contributed by atoms with van der Waals surface area (Å²) in [5, 5.41) is 10.7. The van der Waals surface area contributed by atoms with Crippen molar-refractivity contribution in [3.05, 3.63) is 33.8 Å². The lowest BCUT2D eigenvalue weighted by atomic mass is 9.77. The van der Waals surface area contributed by atoms with E-state index in [1.54, 1.807) is 6.07 Å². The highest BCUT2D eigenvalue weighted by Gasteiger charge is 2.40. The Morgan fingerprint density at radius 2 is 2.20 bits per heavy atom. The number of halogens is 2. The summed E-state index contributed by atoms with van der Waals surface area (Å²) < 4.78 is 0. The van der Waals surface area contributed by atoms with Crippen molar-refractivity contribution in [2.75, 3.05) is 13.1 Å². The van der Waals surface area contributed by atoms with E-state index >= 15 is 0 Å². The van der Waals surface area contributed by atoms with Crippen LogP contribution in [0.15, 0.2) is 18.2 Å². The van der Waals surface area contributed by atoms with Crippen LogP contribution in [-0.2, 0) is 11.3 Å². The lowest BCUT2D eigenvalue weighted by Crippen LogP contribution is -2.47. The minimum absolute atomic E-state index is 0.581. The topological polar surface area (TPSA) is 40.5 Å². The highest BCUT2D eigenvalue weighted by atomic mass is 35.5. The molecule has 1 aliphatic heterocycles. The van der Waals surface area contributed by atoms with Gasteiger partial charge < -0.3 is 5.11 Å². The number of likely N-dealkylation sites (tertiary alicyclic amines) is 1. The van der Waals surface area contributed by atoms with Crippen LogP contribution in [0.1, 0.15) is 31.7 Å². The van der Waals surface area contributed by atoms with E-state index in [2.05, 4.69) is 4.90 Å². The summed E-state index contributed by atoms with van der Waals surface area (Å²) in [6, 6.07) is 5.46. The van der Waals surface area contributed by atoms with E-state index in [1.165, 1.54) is 0 Å². The predicted octanol–water partition coefficient (Wildman–Crippen LogP) is 4.07. The molecular formula is C15H19Cl2NO2. The summed E-state index contributed by atoms with van der Waals surface area (Å²) in [5.41, 5.74) is 0.380. The summed E-state index contributed by atoms with van der Waals surface area (Å²) in [5.74, 6) is -0.688. The second-order valence-electron chi connectivity index (χ2n) is 5.49. The van der Waals surface area contributed by atoms with Gasteiger partial charge in [-0.1, -0.05) is 36.2 Å². The molecule has 0 radical (unpaired) electrons. The average molecular weight is 316 g/mol. The van der Waals surface area contributed by atoms with E-state index in [4.69, 9.17) is 23.2 Å². The maximum absolute atomic E-state index is 11.5. The van der Waals surface area contributed by atoms with E-state index in [0.29, 0.717) is 29.6 Å². The van der Waals surface area contributed by atoms with Crippen LogP contribution >= 0.6 is 23.2 Å². The van der Waals surface area contributed by atoms with Gasteiger partial charge in [-0.25, -0.2) is 0 Å². The van der Waals surface area contributed by atoms with Crippen LogP contribution < -0.4 is 0 Å². The third-order valence-corrected chi connectivity index (χ3v) is 4.78. The Morgan fingerprint density at radius 3 is 2.80 bits per heavy atom. The summed E-state index contributed by atoms with van der Waals surface area (Å²) in [6.07, 6.45) is 2.32. The molecule has 5 heteroatoms. The molecule has 1 aromatic rings. The minimum atomic E-state index is -0.688. The zero-order chi connectivity index (χ0) is 14.8. The van der Waals surface area contributed by atoms with Gasteiger partial charge in [0.1, 0.15) is 0 Å². The fourth-order valence-electron chi connectivity index (χ4n) is 2.87. The number of carboxylic acids is 1. The molecule has 0 bridgehead atoms. The Balaban J connectivity index is 2.11. The van der Waals surface area contributed by atoms with Crippen LogP contribution in [0, 0.1) is 5.41 Å². The number of carbonyl (C=O) groups is 1. The van der Waals surface area contributed by atoms with Crippen LogP contribution in [0.4, 0.5) is 0 Å². The Labute approximate surface area is 129 Å². The molecule has 0 saturated carbocycles. The third-order valence-electron chi connectivity index (χ3n) is 4.20. The molecular weight excluding hydrogens is 297 g/mol. The normalized spacial score (nSPS) is 23.8. The fraction of sp³-hybridized carbons (Fsp3) is 0.533. The molecule has 20 heavy (non-hydrogen) atoms. The number of nitrogens with zero attached hydrogens (tertiary/aromatic N) is 1. The summed E-state index contributed by atoms with van der Waals surface area (Å²) >= 11 is 12.1. The fourth-order valence-corrected chi connectivity index (χ4v) is 3.34. The molecule has 0 amide bonds. The van der Waals surface area contributed by atoms with Gasteiger partial charge in [-0.2, -0.15) is 0 Å². The largest absolute Gasteiger partial charge is 0.481 e. The Hall–Kier alpha value is -0.770. The average Bonchev–Trinajstić information content (AvgIpc) is 2.42. The molecule has 1 heterocycles. The van der Waals surface area contributed by atoms with Crippen LogP contribution in [0.3, 0.4) is 0 Å². The number of piperidine rings is 1. The van der Waals surface area contributed by atoms with Crippen LogP contribution in [0.25, 0.3) is 0 Å². The maximum Gasteiger partial charge on any atom is 0.310 e. The first-order chi connectivity index (χ1) is 9.47. The van der Waals surface area contributed by atoms with Gasteiger partial charge in [-0.05, 0) is 43.5 Å². The zero-order valence-electron chi connectivity index (χ0n) is 11.5. The zero-order valence-corrected chi connectivity index (χ0v) is 13.0. The van der Waals surface area contributed by atoms with Crippen LogP contribution in [-0.4, -0.2) is 29.1 Å². The summed E-state index contributed by atoms with van der Waals surface area (Å²) in [7, 11) is 0. The van der Waals surface area contributed by atoms with Gasteiger partial charge >= 0.3 is 5.97 Å². The third kappa shape index (κ3) is 3.27. The lowest BCUT2D eigenvalue weighted by molar-refractivity contribution is -0.153. The standard InChI is InChI=1S/C15H19Cl2NO2/c1-2-15(14(19)20)6-3-7-18(10-15)9-11-4-5-12(16)8-13(11)17/h4-5,8H,2-3,6-7,9-10H2,1H3,(H,19,20). The molecule has 0 aromatic heterocycles. The van der Waals surface area contributed by atoms with Crippen molar-refractivity contribution < 1.29 is 9.90 Å². The number of hydrogen-bond acceptors (Lipinski definition) is 2. The second-order valence-corrected chi connectivity index (χ2v) is 6.33. The molecule has 2 rings (SSSR count). The van der Waals surface area contributed by atoms with E-state index in [1.807, 2.05) is 19.1 Å². The predicted molar refractivity (Wildman–Crippen MR) is 81.3 cm³/mol. The highest BCUT2D eigenvalue weighted by molar-refractivity contribution is 6.35. The van der Waals surface area contributed by atoms with E-state index < -0.39 is 11.4 Å². The van der Waals surface area contributed by atoms with E-state index in [0.717, 1.165) is 24.9 Å². The van der Waals surface area contributed by atoms with Crippen molar-refractivity contribution in [1.29, 1.82) is 0 Å². The first-order valence-corrected chi connectivity index (χ1v) is 7.62. The lowest BCUT2D eigenvalue weighted by Gasteiger charge is -2.39. The van der Waals surface area contributed by atoms with Gasteiger partial charge in [-0.3, -0.25) is 9.69 Å². The molecule has 1 N–H and O–H groups in total. The van der Waals surface area contributed by atoms with Gasteiger partial charge in [0.2, 0.25) is 0 Å². The number of aliphatic carboxylic acids is 1. The van der Waals surface area contributed by atoms with Crippen molar-refractivity contribution >= 4 is 29.2 Å². The van der Waals surface area contributed by atoms with E-state index in [-0.39, 0.29) is 0 Å². The van der Waals surface area contributed by atoms with Gasteiger partial charge in [-0.15, -0.1) is 0 Å². The van der Waals surface area contributed by atoms with Gasteiger partial charge in [0, 0.05) is 23.1 Å². The highest BCUT2D eigenvalue weighted by Crippen LogP contribution is 2.35. The molecule has 1 unspecified atom stereocenters. The molecule has 0 aliphatic carbocycles. The number of rotatable bonds is 4. The second kappa shape index (κ2) is 6.33. The van der Waals surface area contributed by atoms with E-state index in [9.17, 15) is 9.90 Å². The van der Waals surface area contributed by atoms with Crippen LogP contribution in [0.5, 0.6) is 0 Å². The Morgan fingerprint density at radius 1 is 1.45 bits per heavy atom. The van der Waals surface area contributed by atoms with Gasteiger partial charge in [0.15, 0.2) is 0 Å². The first-order valence-electron chi connectivity index (χ1n) is 6.86. The number of benzene rings is 1. The Bertz CT molecular complexity index is 507. The van der Waals surface area contributed by atoms with Gasteiger partial charge in [0.25, 0.3) is 0 Å². The van der Waals surface area contributed by atoms with Crippen molar-refractivity contribution in [1.82, 2.24) is 4.90 Å². The molecule has 1 aromatic carbocycles. The quantitative estimate of drug-likeness (QED) is 0.910. The minimum Gasteiger partial charge on any atom is -0.481 e. The van der Waals surface area contributed by atoms with Gasteiger partial charge in [0.05, 0.1) is 5.41 Å². The molecule has 0 spiro atoms. The maximum atomic E-state index is 11.5. The first kappa shape index (κ1) is 15.6. The summed E-state index contributed by atoms with van der Waals surface area (Å²) in [6.45, 7) is 4.11. The van der Waals surface area contributed by atoms with Crippen LogP contribution in [0.2, 0.25) is 10.0 Å². The molecule has 1 fully saturated rings. The Kier molecular flexibility index (Phi) is 4.95. The molecule has 1 aliphatic rings. The monoisotopic (exact) mass is 315 g/mol. The smallest absolute Gasteiger partial charge is 0.310 e. The van der Waals surface area contributed by atoms with Crippen molar-refractivity contribution in [2.24, 2.45) is 5.41 Å².